The zero-order valence-electron chi connectivity index (χ0n) is 8.92. The Labute approximate surface area is 124 Å². The summed E-state index contributed by atoms with van der Waals surface area (Å²) in [5.41, 5.74) is 1.60. The molecule has 0 atom stereocenters. The Bertz CT molecular complexity index is 601. The first-order chi connectivity index (χ1) is 8.54. The predicted molar refractivity (Wildman–Crippen MR) is 75.6 cm³/mol. The number of nitrogens with zero attached hydrogens (tertiary/aromatic N) is 1. The molecule has 2 rings (SSSR count). The first kappa shape index (κ1) is 13.9. The summed E-state index contributed by atoms with van der Waals surface area (Å²) in [5.74, 6) is 0. The fourth-order valence-corrected chi connectivity index (χ4v) is 2.27. The highest BCUT2D eigenvalue weighted by Gasteiger charge is 2.12. The SMILES string of the molecule is OCc1nc(-c2ccc(Cl)c(Cl)c2Cl)ccc1Cl. The van der Waals surface area contributed by atoms with Crippen LogP contribution in [0.25, 0.3) is 11.3 Å². The van der Waals surface area contributed by atoms with Crippen LogP contribution in [0.1, 0.15) is 5.69 Å². The van der Waals surface area contributed by atoms with Gasteiger partial charge in [-0.25, -0.2) is 4.98 Å². The zero-order valence-corrected chi connectivity index (χ0v) is 11.9. The quantitative estimate of drug-likeness (QED) is 0.801. The Hall–Kier alpha value is -0.510. The van der Waals surface area contributed by atoms with E-state index in [4.69, 9.17) is 51.5 Å². The minimum atomic E-state index is -0.244. The van der Waals surface area contributed by atoms with Crippen LogP contribution < -0.4 is 0 Å². The summed E-state index contributed by atoms with van der Waals surface area (Å²) < 4.78 is 0. The predicted octanol–water partition coefficient (Wildman–Crippen LogP) is 4.85. The molecule has 18 heavy (non-hydrogen) atoms. The smallest absolute Gasteiger partial charge is 0.0868 e. The molecule has 0 aliphatic carbocycles. The van der Waals surface area contributed by atoms with Gasteiger partial charge in [0.15, 0.2) is 0 Å². The molecule has 0 fully saturated rings. The van der Waals surface area contributed by atoms with E-state index < -0.39 is 0 Å². The molecule has 0 spiro atoms. The fourth-order valence-electron chi connectivity index (χ4n) is 1.47. The monoisotopic (exact) mass is 321 g/mol. The number of hydrogen-bond donors (Lipinski definition) is 1. The van der Waals surface area contributed by atoms with E-state index in [-0.39, 0.29) is 11.6 Å². The van der Waals surface area contributed by atoms with Crippen LogP contribution in [0.15, 0.2) is 24.3 Å². The second-order valence-electron chi connectivity index (χ2n) is 3.51. The number of rotatable bonds is 2. The van der Waals surface area contributed by atoms with E-state index in [1.807, 2.05) is 0 Å². The van der Waals surface area contributed by atoms with Crippen LogP contribution >= 0.6 is 46.4 Å². The van der Waals surface area contributed by atoms with Gasteiger partial charge in [-0.15, -0.1) is 0 Å². The molecule has 0 aliphatic heterocycles. The van der Waals surface area contributed by atoms with Gasteiger partial charge in [-0.2, -0.15) is 0 Å². The highest BCUT2D eigenvalue weighted by Crippen LogP contribution is 2.37. The van der Waals surface area contributed by atoms with Gasteiger partial charge in [0.2, 0.25) is 0 Å². The molecular weight excluding hydrogens is 316 g/mol. The molecule has 6 heteroatoms. The van der Waals surface area contributed by atoms with Gasteiger partial charge in [-0.3, -0.25) is 0 Å². The van der Waals surface area contributed by atoms with Crippen molar-refractivity contribution in [3.05, 3.63) is 50.0 Å². The van der Waals surface area contributed by atoms with Gasteiger partial charge in [-0.1, -0.05) is 46.4 Å². The van der Waals surface area contributed by atoms with Gasteiger partial charge in [-0.05, 0) is 24.3 Å². The number of hydrogen-bond acceptors (Lipinski definition) is 2. The average molecular weight is 323 g/mol. The zero-order chi connectivity index (χ0) is 13.3. The summed E-state index contributed by atoms with van der Waals surface area (Å²) in [4.78, 5) is 4.22. The molecule has 94 valence electrons. The van der Waals surface area contributed by atoms with E-state index in [1.165, 1.54) is 0 Å². The number of pyridine rings is 1. The molecule has 1 N–H and O–H groups in total. The van der Waals surface area contributed by atoms with Crippen molar-refractivity contribution in [3.63, 3.8) is 0 Å². The molecule has 1 aromatic heterocycles. The third kappa shape index (κ3) is 2.58. The molecule has 0 saturated carbocycles. The normalized spacial score (nSPS) is 10.7. The molecule has 0 saturated heterocycles. The van der Waals surface area contributed by atoms with Crippen LogP contribution in [0.2, 0.25) is 20.1 Å². The summed E-state index contributed by atoms with van der Waals surface area (Å²) in [6.45, 7) is -0.244. The van der Waals surface area contributed by atoms with Crippen molar-refractivity contribution in [1.82, 2.24) is 4.98 Å². The second kappa shape index (κ2) is 5.64. The van der Waals surface area contributed by atoms with E-state index >= 15 is 0 Å². The van der Waals surface area contributed by atoms with Crippen LogP contribution in [-0.2, 0) is 6.61 Å². The first-order valence-electron chi connectivity index (χ1n) is 4.94. The van der Waals surface area contributed by atoms with Gasteiger partial charge in [0.25, 0.3) is 0 Å². The number of aromatic nitrogens is 1. The van der Waals surface area contributed by atoms with Gasteiger partial charge < -0.3 is 5.11 Å². The highest BCUT2D eigenvalue weighted by molar-refractivity contribution is 6.49. The fraction of sp³-hybridized carbons (Fsp3) is 0.0833. The first-order valence-corrected chi connectivity index (χ1v) is 6.46. The molecule has 0 bridgehead atoms. The maximum Gasteiger partial charge on any atom is 0.0868 e. The van der Waals surface area contributed by atoms with Crippen LogP contribution in [0.5, 0.6) is 0 Å². The lowest BCUT2D eigenvalue weighted by Gasteiger charge is -2.08. The minimum Gasteiger partial charge on any atom is -0.390 e. The summed E-state index contributed by atoms with van der Waals surface area (Å²) >= 11 is 23.8. The number of halogens is 4. The van der Waals surface area contributed by atoms with Crippen molar-refractivity contribution in [2.24, 2.45) is 0 Å². The second-order valence-corrected chi connectivity index (χ2v) is 5.08. The lowest BCUT2D eigenvalue weighted by Crippen LogP contribution is -1.94. The van der Waals surface area contributed by atoms with Crippen LogP contribution in [0, 0.1) is 0 Å². The van der Waals surface area contributed by atoms with Crippen LogP contribution in [-0.4, -0.2) is 10.1 Å². The van der Waals surface area contributed by atoms with Crippen molar-refractivity contribution in [3.8, 4) is 11.3 Å². The maximum absolute atomic E-state index is 9.13. The minimum absolute atomic E-state index is 0.244. The largest absolute Gasteiger partial charge is 0.390 e. The molecule has 0 amide bonds. The molecular formula is C12H7Cl4NO. The molecule has 0 aliphatic rings. The number of aliphatic hydroxyl groups is 1. The molecule has 0 unspecified atom stereocenters. The third-order valence-corrected chi connectivity index (χ3v) is 4.02. The summed E-state index contributed by atoms with van der Waals surface area (Å²) in [7, 11) is 0. The average Bonchev–Trinajstić information content (AvgIpc) is 2.37. The molecule has 1 aromatic carbocycles. The molecule has 0 radical (unpaired) electrons. The number of benzene rings is 1. The molecule has 1 heterocycles. The van der Waals surface area contributed by atoms with E-state index in [1.54, 1.807) is 24.3 Å². The van der Waals surface area contributed by atoms with Crippen LogP contribution in [0.3, 0.4) is 0 Å². The van der Waals surface area contributed by atoms with E-state index in [0.717, 1.165) is 0 Å². The summed E-state index contributed by atoms with van der Waals surface area (Å²) in [5, 5.41) is 10.5. The lowest BCUT2D eigenvalue weighted by atomic mass is 10.1. The topological polar surface area (TPSA) is 33.1 Å². The van der Waals surface area contributed by atoms with E-state index in [9.17, 15) is 0 Å². The van der Waals surface area contributed by atoms with Gasteiger partial charge in [0, 0.05) is 5.56 Å². The Morgan fingerprint density at radius 1 is 0.889 bits per heavy atom. The highest BCUT2D eigenvalue weighted by atomic mass is 35.5. The van der Waals surface area contributed by atoms with Crippen LogP contribution in [0.4, 0.5) is 0 Å². The van der Waals surface area contributed by atoms with Gasteiger partial charge >= 0.3 is 0 Å². The Kier molecular flexibility index (Phi) is 4.36. The Balaban J connectivity index is 2.59. The lowest BCUT2D eigenvalue weighted by molar-refractivity contribution is 0.277. The molecule has 2 aromatic rings. The Morgan fingerprint density at radius 2 is 1.56 bits per heavy atom. The van der Waals surface area contributed by atoms with Gasteiger partial charge in [0.1, 0.15) is 0 Å². The van der Waals surface area contributed by atoms with Crippen molar-refractivity contribution in [2.45, 2.75) is 6.61 Å². The van der Waals surface area contributed by atoms with Crippen molar-refractivity contribution < 1.29 is 5.11 Å². The molecule has 2 nitrogen and oxygen atoms in total. The standard InChI is InChI=1S/C12H7Cl4NO/c13-7-3-4-9(17-10(7)5-18)6-1-2-8(14)12(16)11(6)15/h1-4,18H,5H2. The Morgan fingerprint density at radius 3 is 2.22 bits per heavy atom. The van der Waals surface area contributed by atoms with Gasteiger partial charge in [0.05, 0.1) is 38.1 Å². The summed E-state index contributed by atoms with van der Waals surface area (Å²) in [6, 6.07) is 6.70. The van der Waals surface area contributed by atoms with Crippen molar-refractivity contribution in [2.75, 3.05) is 0 Å². The van der Waals surface area contributed by atoms with E-state index in [0.29, 0.717) is 32.0 Å². The van der Waals surface area contributed by atoms with Crippen molar-refractivity contribution >= 4 is 46.4 Å². The van der Waals surface area contributed by atoms with Crippen molar-refractivity contribution in [1.29, 1.82) is 0 Å². The van der Waals surface area contributed by atoms with E-state index in [2.05, 4.69) is 4.98 Å². The summed E-state index contributed by atoms with van der Waals surface area (Å²) in [6.07, 6.45) is 0. The third-order valence-electron chi connectivity index (χ3n) is 2.38. The number of aliphatic hydroxyl groups excluding tert-OH is 1. The maximum atomic E-state index is 9.13.